The molecule has 0 amide bonds. The van der Waals surface area contributed by atoms with Crippen LogP contribution in [0.2, 0.25) is 5.02 Å². The smallest absolute Gasteiger partial charge is 0.387 e. The topological polar surface area (TPSA) is 83.9 Å². The first-order chi connectivity index (χ1) is 10.2. The summed E-state index contributed by atoms with van der Waals surface area (Å²) in [5, 5.41) is 8.95. The fraction of sp³-hybridized carbons (Fsp3) is 0.417. The van der Waals surface area contributed by atoms with E-state index in [4.69, 9.17) is 16.7 Å². The average Bonchev–Trinajstić information content (AvgIpc) is 2.90. The molecule has 6 nitrogen and oxygen atoms in total. The van der Waals surface area contributed by atoms with Crippen LogP contribution >= 0.6 is 11.6 Å². The van der Waals surface area contributed by atoms with E-state index in [1.807, 2.05) is 0 Å². The maximum atomic E-state index is 12.5. The number of rotatable bonds is 5. The Morgan fingerprint density at radius 1 is 1.45 bits per heavy atom. The molecule has 22 heavy (non-hydrogen) atoms. The van der Waals surface area contributed by atoms with Gasteiger partial charge in [0.05, 0.1) is 5.92 Å². The molecule has 1 heterocycles. The number of nitrogens with zero attached hydrogens (tertiary/aromatic N) is 1. The van der Waals surface area contributed by atoms with Crippen molar-refractivity contribution in [2.24, 2.45) is 5.92 Å². The molecule has 1 aliphatic rings. The Kier molecular flexibility index (Phi) is 4.88. The van der Waals surface area contributed by atoms with Gasteiger partial charge in [-0.1, -0.05) is 11.6 Å². The molecule has 0 saturated carbocycles. The zero-order valence-corrected chi connectivity index (χ0v) is 12.7. The highest BCUT2D eigenvalue weighted by atomic mass is 35.5. The first kappa shape index (κ1) is 16.9. The van der Waals surface area contributed by atoms with E-state index in [9.17, 15) is 22.0 Å². The van der Waals surface area contributed by atoms with Gasteiger partial charge in [0.1, 0.15) is 10.6 Å². The monoisotopic (exact) mass is 355 g/mol. The summed E-state index contributed by atoms with van der Waals surface area (Å²) in [6.45, 7) is -3.43. The molecule has 0 radical (unpaired) electrons. The number of halogens is 3. The SMILES string of the molecule is O=C(O)C1CCN(S(=O)(=O)c2cc(Cl)ccc2OC(F)F)C1. The van der Waals surface area contributed by atoms with Crippen molar-refractivity contribution in [1.29, 1.82) is 0 Å². The number of hydrogen-bond donors (Lipinski definition) is 1. The summed E-state index contributed by atoms with van der Waals surface area (Å²) < 4.78 is 54.9. The van der Waals surface area contributed by atoms with Gasteiger partial charge < -0.3 is 9.84 Å². The second kappa shape index (κ2) is 6.35. The Balaban J connectivity index is 2.37. The van der Waals surface area contributed by atoms with Gasteiger partial charge in [0.15, 0.2) is 0 Å². The summed E-state index contributed by atoms with van der Waals surface area (Å²) >= 11 is 5.73. The Bertz CT molecular complexity index is 682. The van der Waals surface area contributed by atoms with Crippen LogP contribution in [-0.2, 0) is 14.8 Å². The highest BCUT2D eigenvalue weighted by molar-refractivity contribution is 7.89. The molecule has 0 aliphatic carbocycles. The largest absolute Gasteiger partial charge is 0.481 e. The third-order valence-corrected chi connectivity index (χ3v) is 5.36. The van der Waals surface area contributed by atoms with Crippen LogP contribution in [0, 0.1) is 5.92 Å². The minimum atomic E-state index is -4.18. The van der Waals surface area contributed by atoms with E-state index >= 15 is 0 Å². The molecular formula is C12H12ClF2NO5S. The van der Waals surface area contributed by atoms with Crippen molar-refractivity contribution < 1.29 is 31.8 Å². The molecule has 1 aromatic carbocycles. The van der Waals surface area contributed by atoms with E-state index in [1.54, 1.807) is 0 Å². The molecule has 0 spiro atoms. The van der Waals surface area contributed by atoms with Crippen molar-refractivity contribution in [2.45, 2.75) is 17.9 Å². The lowest BCUT2D eigenvalue weighted by atomic mass is 10.1. The van der Waals surface area contributed by atoms with Gasteiger partial charge in [-0.25, -0.2) is 8.42 Å². The van der Waals surface area contributed by atoms with E-state index in [-0.39, 0.29) is 24.5 Å². The third-order valence-electron chi connectivity index (χ3n) is 3.24. The maximum Gasteiger partial charge on any atom is 0.387 e. The zero-order chi connectivity index (χ0) is 16.5. The first-order valence-corrected chi connectivity index (χ1v) is 8.01. The van der Waals surface area contributed by atoms with E-state index < -0.39 is 39.2 Å². The highest BCUT2D eigenvalue weighted by Crippen LogP contribution is 2.33. The van der Waals surface area contributed by atoms with E-state index in [2.05, 4.69) is 4.74 Å². The number of carboxylic acids is 1. The zero-order valence-electron chi connectivity index (χ0n) is 11.1. The molecule has 0 aromatic heterocycles. The molecule has 1 saturated heterocycles. The summed E-state index contributed by atoms with van der Waals surface area (Å²) in [7, 11) is -4.18. The predicted molar refractivity (Wildman–Crippen MR) is 72.6 cm³/mol. The molecule has 1 N–H and O–H groups in total. The van der Waals surface area contributed by atoms with Gasteiger partial charge in [-0.05, 0) is 24.6 Å². The Hall–Kier alpha value is -1.45. The van der Waals surface area contributed by atoms with Gasteiger partial charge in [0.2, 0.25) is 10.0 Å². The van der Waals surface area contributed by atoms with Gasteiger partial charge in [-0.2, -0.15) is 13.1 Å². The number of sulfonamides is 1. The van der Waals surface area contributed by atoms with Crippen molar-refractivity contribution in [2.75, 3.05) is 13.1 Å². The van der Waals surface area contributed by atoms with Crippen molar-refractivity contribution in [3.05, 3.63) is 23.2 Å². The molecule has 122 valence electrons. The van der Waals surface area contributed by atoms with Gasteiger partial charge >= 0.3 is 12.6 Å². The summed E-state index contributed by atoms with van der Waals surface area (Å²) in [4.78, 5) is 10.4. The predicted octanol–water partition coefficient (Wildman–Crippen LogP) is 2.04. The quantitative estimate of drug-likeness (QED) is 0.873. The van der Waals surface area contributed by atoms with Crippen LogP contribution < -0.4 is 4.74 Å². The van der Waals surface area contributed by atoms with Crippen LogP contribution in [0.3, 0.4) is 0 Å². The number of carbonyl (C=O) groups is 1. The van der Waals surface area contributed by atoms with Crippen molar-refractivity contribution in [3.63, 3.8) is 0 Å². The van der Waals surface area contributed by atoms with Gasteiger partial charge in [-0.3, -0.25) is 4.79 Å². The minimum Gasteiger partial charge on any atom is -0.481 e. The van der Waals surface area contributed by atoms with E-state index in [0.29, 0.717) is 0 Å². The van der Waals surface area contributed by atoms with Crippen LogP contribution in [0.1, 0.15) is 6.42 Å². The molecule has 1 aromatic rings. The van der Waals surface area contributed by atoms with E-state index in [1.165, 1.54) is 6.07 Å². The van der Waals surface area contributed by atoms with Gasteiger partial charge in [0.25, 0.3) is 0 Å². The highest BCUT2D eigenvalue weighted by Gasteiger charge is 2.37. The lowest BCUT2D eigenvalue weighted by Crippen LogP contribution is -2.30. The lowest BCUT2D eigenvalue weighted by Gasteiger charge is -2.18. The van der Waals surface area contributed by atoms with Gasteiger partial charge in [0, 0.05) is 18.1 Å². The summed E-state index contributed by atoms with van der Waals surface area (Å²) in [5.74, 6) is -2.46. The molecule has 0 bridgehead atoms. The standard InChI is InChI=1S/C12H12ClF2NO5S/c13-8-1-2-9(21-12(14)15)10(5-8)22(19,20)16-4-3-7(6-16)11(17)18/h1-2,5,7,12H,3-4,6H2,(H,17,18). The van der Waals surface area contributed by atoms with Crippen LogP contribution in [0.5, 0.6) is 5.75 Å². The Morgan fingerprint density at radius 2 is 2.14 bits per heavy atom. The number of benzene rings is 1. The Morgan fingerprint density at radius 3 is 2.68 bits per heavy atom. The Labute approximate surface area is 130 Å². The summed E-state index contributed by atoms with van der Waals surface area (Å²) in [6, 6.07) is 3.26. The van der Waals surface area contributed by atoms with Gasteiger partial charge in [-0.15, -0.1) is 0 Å². The maximum absolute atomic E-state index is 12.5. The fourth-order valence-corrected chi connectivity index (χ4v) is 4.05. The van der Waals surface area contributed by atoms with Crippen molar-refractivity contribution >= 4 is 27.6 Å². The fourth-order valence-electron chi connectivity index (χ4n) is 2.16. The number of aliphatic carboxylic acids is 1. The van der Waals surface area contributed by atoms with Crippen LogP contribution in [0.25, 0.3) is 0 Å². The lowest BCUT2D eigenvalue weighted by molar-refractivity contribution is -0.141. The molecule has 1 fully saturated rings. The third kappa shape index (κ3) is 3.47. The average molecular weight is 356 g/mol. The molecule has 2 rings (SSSR count). The molecule has 1 aliphatic heterocycles. The number of alkyl halides is 2. The number of carboxylic acid groups (broad SMARTS) is 1. The number of ether oxygens (including phenoxy) is 1. The van der Waals surface area contributed by atoms with Crippen LogP contribution in [0.15, 0.2) is 23.1 Å². The molecule has 1 unspecified atom stereocenters. The summed E-state index contributed by atoms with van der Waals surface area (Å²) in [5.41, 5.74) is 0. The van der Waals surface area contributed by atoms with Crippen LogP contribution in [0.4, 0.5) is 8.78 Å². The molecule has 10 heteroatoms. The van der Waals surface area contributed by atoms with E-state index in [0.717, 1.165) is 16.4 Å². The molecular weight excluding hydrogens is 344 g/mol. The molecule has 1 atom stereocenters. The second-order valence-corrected chi connectivity index (χ2v) is 7.00. The van der Waals surface area contributed by atoms with Crippen molar-refractivity contribution in [3.8, 4) is 5.75 Å². The number of hydrogen-bond acceptors (Lipinski definition) is 4. The van der Waals surface area contributed by atoms with Crippen molar-refractivity contribution in [1.82, 2.24) is 4.31 Å². The summed E-state index contributed by atoms with van der Waals surface area (Å²) in [6.07, 6.45) is 0.153. The van der Waals surface area contributed by atoms with Crippen LogP contribution in [-0.4, -0.2) is 43.5 Å². The first-order valence-electron chi connectivity index (χ1n) is 6.19. The minimum absolute atomic E-state index is 0.0140. The normalized spacial score (nSPS) is 19.5. The second-order valence-electron chi connectivity index (χ2n) is 4.66.